The molecule has 0 aliphatic carbocycles. The minimum atomic E-state index is -0.351. The summed E-state index contributed by atoms with van der Waals surface area (Å²) in [7, 11) is 0. The number of rotatable bonds is 4. The first-order chi connectivity index (χ1) is 8.66. The van der Waals surface area contributed by atoms with Crippen LogP contribution in [0.15, 0.2) is 54.6 Å². The van der Waals surface area contributed by atoms with E-state index in [1.54, 1.807) is 12.1 Å². The first-order valence-corrected chi connectivity index (χ1v) is 5.95. The minimum Gasteiger partial charge on any atom is -0.344 e. The Morgan fingerprint density at radius 2 is 1.79 bits per heavy atom. The maximum Gasteiger partial charge on any atom is 0.269 e. The van der Waals surface area contributed by atoms with E-state index in [4.69, 9.17) is 0 Å². The van der Waals surface area contributed by atoms with Crippen molar-refractivity contribution in [2.75, 3.05) is 0 Å². The van der Waals surface area contributed by atoms with Crippen LogP contribution in [0.1, 0.15) is 24.0 Å². The van der Waals surface area contributed by atoms with Gasteiger partial charge in [-0.2, -0.15) is 0 Å². The van der Waals surface area contributed by atoms with Crippen molar-refractivity contribution in [3.63, 3.8) is 0 Å². The third kappa shape index (κ3) is 3.89. The van der Waals surface area contributed by atoms with Crippen molar-refractivity contribution in [3.05, 3.63) is 75.8 Å². The number of nitro groups is 1. The summed E-state index contributed by atoms with van der Waals surface area (Å²) in [5.74, 6) is 0.355. The van der Waals surface area contributed by atoms with Gasteiger partial charge in [-0.3, -0.25) is 10.1 Å². The summed E-state index contributed by atoms with van der Waals surface area (Å²) in [5, 5.41) is 10.7. The van der Waals surface area contributed by atoms with E-state index in [0.717, 1.165) is 12.0 Å². The summed E-state index contributed by atoms with van der Waals surface area (Å²) in [6, 6.07) is 17.0. The molecular weight excluding hydrogens is 240 g/mol. The van der Waals surface area contributed by atoms with E-state index in [0.29, 0.717) is 5.92 Å². The van der Waals surface area contributed by atoms with Gasteiger partial charge in [-0.15, -0.1) is 0 Å². The number of benzene rings is 2. The average Bonchev–Trinajstić information content (AvgIpc) is 2.40. The Hall–Kier alpha value is -2.20. The molecule has 0 saturated carbocycles. The average molecular weight is 258 g/mol. The van der Waals surface area contributed by atoms with Crippen molar-refractivity contribution >= 4 is 5.69 Å². The zero-order chi connectivity index (χ0) is 13.0. The second-order valence-corrected chi connectivity index (χ2v) is 4.44. The summed E-state index contributed by atoms with van der Waals surface area (Å²) < 4.78 is 0. The van der Waals surface area contributed by atoms with Crippen LogP contribution in [0.25, 0.3) is 0 Å². The van der Waals surface area contributed by atoms with Crippen LogP contribution in [-0.2, 0) is 6.42 Å². The molecule has 2 rings (SSSR count). The highest BCUT2D eigenvalue weighted by Crippen LogP contribution is 2.22. The maximum absolute atomic E-state index is 10.7. The second-order valence-electron chi connectivity index (χ2n) is 4.44. The SMILES string of the molecule is CC(Cc1cccc([N+](=O)[O-])c1)c1ccccc1.N. The third-order valence-corrected chi connectivity index (χ3v) is 3.03. The minimum absolute atomic E-state index is 0. The van der Waals surface area contributed by atoms with Crippen LogP contribution >= 0.6 is 0 Å². The molecule has 1 unspecified atom stereocenters. The fourth-order valence-corrected chi connectivity index (χ4v) is 2.05. The number of hydrogen-bond donors (Lipinski definition) is 1. The van der Waals surface area contributed by atoms with Gasteiger partial charge in [-0.25, -0.2) is 0 Å². The first kappa shape index (κ1) is 14.9. The molecule has 0 aliphatic rings. The van der Waals surface area contributed by atoms with Crippen molar-refractivity contribution in [2.45, 2.75) is 19.3 Å². The lowest BCUT2D eigenvalue weighted by Gasteiger charge is -2.11. The van der Waals surface area contributed by atoms with Crippen LogP contribution in [0, 0.1) is 10.1 Å². The van der Waals surface area contributed by atoms with E-state index < -0.39 is 0 Å². The molecule has 0 bridgehead atoms. The van der Waals surface area contributed by atoms with E-state index in [1.165, 1.54) is 11.6 Å². The molecule has 0 amide bonds. The summed E-state index contributed by atoms with van der Waals surface area (Å²) >= 11 is 0. The van der Waals surface area contributed by atoms with Crippen LogP contribution in [-0.4, -0.2) is 4.92 Å². The highest BCUT2D eigenvalue weighted by Gasteiger charge is 2.09. The summed E-state index contributed by atoms with van der Waals surface area (Å²) in [4.78, 5) is 10.4. The van der Waals surface area contributed by atoms with Gasteiger partial charge >= 0.3 is 0 Å². The molecule has 0 aromatic heterocycles. The Balaban J connectivity index is 0.00000180. The molecule has 1 atom stereocenters. The molecule has 4 heteroatoms. The molecule has 19 heavy (non-hydrogen) atoms. The van der Waals surface area contributed by atoms with Gasteiger partial charge in [0.2, 0.25) is 0 Å². The van der Waals surface area contributed by atoms with E-state index in [-0.39, 0.29) is 16.8 Å². The van der Waals surface area contributed by atoms with Gasteiger partial charge in [0.15, 0.2) is 0 Å². The fourth-order valence-electron chi connectivity index (χ4n) is 2.05. The largest absolute Gasteiger partial charge is 0.344 e. The molecule has 0 radical (unpaired) electrons. The van der Waals surface area contributed by atoms with Gasteiger partial charge in [-0.05, 0) is 23.5 Å². The molecule has 4 nitrogen and oxygen atoms in total. The van der Waals surface area contributed by atoms with Crippen LogP contribution < -0.4 is 6.15 Å². The van der Waals surface area contributed by atoms with Crippen LogP contribution in [0.5, 0.6) is 0 Å². The zero-order valence-corrected chi connectivity index (χ0v) is 11.0. The van der Waals surface area contributed by atoms with Crippen molar-refractivity contribution < 1.29 is 4.92 Å². The second kappa shape index (κ2) is 6.66. The first-order valence-electron chi connectivity index (χ1n) is 5.95. The summed E-state index contributed by atoms with van der Waals surface area (Å²) in [6.07, 6.45) is 0.811. The molecule has 0 spiro atoms. The molecule has 0 heterocycles. The van der Waals surface area contributed by atoms with Gasteiger partial charge in [0.25, 0.3) is 5.69 Å². The Kier molecular flexibility index (Phi) is 5.21. The lowest BCUT2D eigenvalue weighted by Crippen LogP contribution is -1.99. The van der Waals surface area contributed by atoms with Gasteiger partial charge in [0.05, 0.1) is 4.92 Å². The van der Waals surface area contributed by atoms with Gasteiger partial charge in [-0.1, -0.05) is 49.4 Å². The van der Waals surface area contributed by atoms with Crippen molar-refractivity contribution in [1.29, 1.82) is 0 Å². The number of nitrogens with zero attached hydrogens (tertiary/aromatic N) is 1. The quantitative estimate of drug-likeness (QED) is 0.662. The fraction of sp³-hybridized carbons (Fsp3) is 0.200. The van der Waals surface area contributed by atoms with Crippen LogP contribution in [0.4, 0.5) is 5.69 Å². The molecule has 2 aromatic carbocycles. The van der Waals surface area contributed by atoms with E-state index in [1.807, 2.05) is 24.3 Å². The summed E-state index contributed by atoms with van der Waals surface area (Å²) in [6.45, 7) is 2.13. The lowest BCUT2D eigenvalue weighted by molar-refractivity contribution is -0.384. The third-order valence-electron chi connectivity index (χ3n) is 3.03. The lowest BCUT2D eigenvalue weighted by atomic mass is 9.94. The van der Waals surface area contributed by atoms with Crippen LogP contribution in [0.2, 0.25) is 0 Å². The van der Waals surface area contributed by atoms with Gasteiger partial charge < -0.3 is 6.15 Å². The summed E-state index contributed by atoms with van der Waals surface area (Å²) in [5.41, 5.74) is 2.41. The van der Waals surface area contributed by atoms with E-state index in [2.05, 4.69) is 19.1 Å². The molecule has 0 aliphatic heterocycles. The number of non-ortho nitro benzene ring substituents is 1. The van der Waals surface area contributed by atoms with Crippen LogP contribution in [0.3, 0.4) is 0 Å². The topological polar surface area (TPSA) is 78.1 Å². The maximum atomic E-state index is 10.7. The predicted octanol–water partition coefficient (Wildman–Crippen LogP) is 4.10. The van der Waals surface area contributed by atoms with Gasteiger partial charge in [0.1, 0.15) is 0 Å². The predicted molar refractivity (Wildman–Crippen MR) is 76.7 cm³/mol. The number of hydrogen-bond acceptors (Lipinski definition) is 3. The highest BCUT2D eigenvalue weighted by atomic mass is 16.6. The Bertz CT molecular complexity index is 541. The number of nitro benzene ring substituents is 1. The monoisotopic (exact) mass is 258 g/mol. The Morgan fingerprint density at radius 1 is 1.11 bits per heavy atom. The highest BCUT2D eigenvalue weighted by molar-refractivity contribution is 5.35. The van der Waals surface area contributed by atoms with Crippen molar-refractivity contribution in [1.82, 2.24) is 6.15 Å². The Morgan fingerprint density at radius 3 is 2.42 bits per heavy atom. The molecule has 0 fully saturated rings. The smallest absolute Gasteiger partial charge is 0.269 e. The molecular formula is C15H18N2O2. The normalized spacial score (nSPS) is 11.4. The molecule has 3 N–H and O–H groups in total. The molecule has 100 valence electrons. The van der Waals surface area contributed by atoms with Gasteiger partial charge in [0, 0.05) is 12.1 Å². The van der Waals surface area contributed by atoms with Crippen molar-refractivity contribution in [3.8, 4) is 0 Å². The zero-order valence-electron chi connectivity index (χ0n) is 11.0. The molecule has 0 saturated heterocycles. The molecule has 2 aromatic rings. The van der Waals surface area contributed by atoms with E-state index >= 15 is 0 Å². The standard InChI is InChI=1S/C15H15NO2.H3N/c1-12(14-7-3-2-4-8-14)10-13-6-5-9-15(11-13)16(17)18;/h2-9,11-12H,10H2,1H3;1H3. The van der Waals surface area contributed by atoms with E-state index in [9.17, 15) is 10.1 Å². The van der Waals surface area contributed by atoms with Crippen molar-refractivity contribution in [2.24, 2.45) is 0 Å². The Labute approximate surface area is 112 Å².